The third kappa shape index (κ3) is 4.82. The van der Waals surface area contributed by atoms with Crippen molar-refractivity contribution in [1.82, 2.24) is 0 Å². The van der Waals surface area contributed by atoms with Crippen molar-refractivity contribution < 1.29 is 14.3 Å². The molecule has 0 aromatic heterocycles. The summed E-state index contributed by atoms with van der Waals surface area (Å²) >= 11 is 3.35. The molecule has 23 heavy (non-hydrogen) atoms. The zero-order valence-electron chi connectivity index (χ0n) is 12.8. The largest absolute Gasteiger partial charge is 0.465 e. The van der Waals surface area contributed by atoms with E-state index in [-0.39, 0.29) is 5.91 Å². The van der Waals surface area contributed by atoms with E-state index in [9.17, 15) is 9.59 Å². The molecule has 2 N–H and O–H groups in total. The van der Waals surface area contributed by atoms with Crippen LogP contribution in [0.4, 0.5) is 11.4 Å². The number of rotatable bonds is 5. The number of hydrogen-bond acceptors (Lipinski definition) is 4. The Labute approximate surface area is 143 Å². The second-order valence-electron chi connectivity index (χ2n) is 4.93. The summed E-state index contributed by atoms with van der Waals surface area (Å²) in [4.78, 5) is 23.5. The van der Waals surface area contributed by atoms with Crippen molar-refractivity contribution in [3.63, 3.8) is 0 Å². The van der Waals surface area contributed by atoms with Gasteiger partial charge in [-0.1, -0.05) is 15.9 Å². The van der Waals surface area contributed by atoms with Gasteiger partial charge in [-0.05, 0) is 55.5 Å². The van der Waals surface area contributed by atoms with Gasteiger partial charge in [-0.15, -0.1) is 0 Å². The zero-order chi connectivity index (χ0) is 16.8. The first-order chi connectivity index (χ1) is 11.0. The van der Waals surface area contributed by atoms with Gasteiger partial charge in [-0.2, -0.15) is 0 Å². The van der Waals surface area contributed by atoms with Crippen molar-refractivity contribution in [3.8, 4) is 0 Å². The summed E-state index contributed by atoms with van der Waals surface area (Å²) in [5.74, 6) is -0.540. The van der Waals surface area contributed by atoms with Crippen LogP contribution in [-0.2, 0) is 9.53 Å². The molecule has 6 heteroatoms. The number of ether oxygens (including phenoxy) is 1. The summed E-state index contributed by atoms with van der Waals surface area (Å²) in [5, 5.41) is 5.92. The van der Waals surface area contributed by atoms with Gasteiger partial charge in [-0.25, -0.2) is 4.79 Å². The molecular formula is C17H17BrN2O3. The first-order valence-electron chi connectivity index (χ1n) is 7.01. The van der Waals surface area contributed by atoms with Crippen LogP contribution in [0.1, 0.15) is 17.3 Å². The van der Waals surface area contributed by atoms with Crippen molar-refractivity contribution in [2.24, 2.45) is 0 Å². The highest BCUT2D eigenvalue weighted by Crippen LogP contribution is 2.15. The monoisotopic (exact) mass is 376 g/mol. The van der Waals surface area contributed by atoms with Gasteiger partial charge < -0.3 is 15.4 Å². The van der Waals surface area contributed by atoms with Crippen LogP contribution in [0.25, 0.3) is 0 Å². The van der Waals surface area contributed by atoms with Gasteiger partial charge in [0, 0.05) is 15.8 Å². The molecule has 5 nitrogen and oxygen atoms in total. The predicted octanol–water partition coefficient (Wildman–Crippen LogP) is 3.67. The lowest BCUT2D eigenvalue weighted by molar-refractivity contribution is -0.116. The van der Waals surface area contributed by atoms with E-state index in [2.05, 4.69) is 31.3 Å². The number of carbonyl (C=O) groups excluding carboxylic acids is 2. The molecular weight excluding hydrogens is 360 g/mol. The van der Waals surface area contributed by atoms with Crippen molar-refractivity contribution in [3.05, 3.63) is 58.6 Å². The van der Waals surface area contributed by atoms with Gasteiger partial charge in [0.1, 0.15) is 6.04 Å². The second-order valence-corrected chi connectivity index (χ2v) is 5.85. The molecule has 1 amide bonds. The van der Waals surface area contributed by atoms with E-state index in [1.807, 2.05) is 24.3 Å². The fraction of sp³-hybridized carbons (Fsp3) is 0.176. The molecule has 0 aliphatic carbocycles. The van der Waals surface area contributed by atoms with Crippen LogP contribution in [0.2, 0.25) is 0 Å². The molecule has 2 rings (SSSR count). The van der Waals surface area contributed by atoms with Crippen LogP contribution >= 0.6 is 15.9 Å². The van der Waals surface area contributed by atoms with Gasteiger partial charge in [-0.3, -0.25) is 4.79 Å². The van der Waals surface area contributed by atoms with Crippen LogP contribution in [-0.4, -0.2) is 25.0 Å². The minimum absolute atomic E-state index is 0.149. The molecule has 0 aliphatic heterocycles. The standard InChI is InChI=1S/C17H17BrN2O3/c1-11(16(21)20-15-9-5-13(18)6-10-15)19-14-7-3-12(4-8-14)17(22)23-2/h3-11,19H,1-2H3,(H,20,21)/t11-/m1/s1. The molecule has 0 heterocycles. The highest BCUT2D eigenvalue weighted by atomic mass is 79.9. The van der Waals surface area contributed by atoms with Gasteiger partial charge in [0.2, 0.25) is 5.91 Å². The minimum Gasteiger partial charge on any atom is -0.465 e. The molecule has 1 atom stereocenters. The number of anilines is 2. The van der Waals surface area contributed by atoms with E-state index < -0.39 is 12.0 Å². The smallest absolute Gasteiger partial charge is 0.337 e. The lowest BCUT2D eigenvalue weighted by atomic mass is 10.2. The summed E-state index contributed by atoms with van der Waals surface area (Å²) in [5.41, 5.74) is 1.94. The molecule has 0 radical (unpaired) electrons. The number of methoxy groups -OCH3 is 1. The lowest BCUT2D eigenvalue weighted by Crippen LogP contribution is -2.31. The molecule has 2 aromatic rings. The van der Waals surface area contributed by atoms with Crippen LogP contribution < -0.4 is 10.6 Å². The summed E-state index contributed by atoms with van der Waals surface area (Å²) in [6.45, 7) is 1.77. The van der Waals surface area contributed by atoms with E-state index in [1.165, 1.54) is 7.11 Å². The van der Waals surface area contributed by atoms with E-state index in [4.69, 9.17) is 0 Å². The molecule has 120 valence electrons. The maximum atomic E-state index is 12.2. The van der Waals surface area contributed by atoms with Crippen LogP contribution in [0.3, 0.4) is 0 Å². The van der Waals surface area contributed by atoms with Crippen molar-refractivity contribution >= 4 is 39.2 Å². The number of benzene rings is 2. The predicted molar refractivity (Wildman–Crippen MR) is 93.6 cm³/mol. The third-order valence-electron chi connectivity index (χ3n) is 3.19. The van der Waals surface area contributed by atoms with Crippen molar-refractivity contribution in [1.29, 1.82) is 0 Å². The van der Waals surface area contributed by atoms with E-state index in [1.54, 1.807) is 31.2 Å². The van der Waals surface area contributed by atoms with E-state index >= 15 is 0 Å². The summed E-state index contributed by atoms with van der Waals surface area (Å²) in [6.07, 6.45) is 0. The van der Waals surface area contributed by atoms with Gasteiger partial charge in [0.15, 0.2) is 0 Å². The molecule has 0 spiro atoms. The number of hydrogen-bond donors (Lipinski definition) is 2. The molecule has 0 aliphatic rings. The van der Waals surface area contributed by atoms with Gasteiger partial charge in [0.25, 0.3) is 0 Å². The van der Waals surface area contributed by atoms with Crippen LogP contribution in [0.15, 0.2) is 53.0 Å². The van der Waals surface area contributed by atoms with Crippen LogP contribution in [0, 0.1) is 0 Å². The molecule has 0 saturated heterocycles. The Morgan fingerprint density at radius 1 is 1.00 bits per heavy atom. The molecule has 0 saturated carbocycles. The Balaban J connectivity index is 1.95. The maximum Gasteiger partial charge on any atom is 0.337 e. The quantitative estimate of drug-likeness (QED) is 0.781. The van der Waals surface area contributed by atoms with Gasteiger partial charge in [0.05, 0.1) is 12.7 Å². The first-order valence-corrected chi connectivity index (χ1v) is 7.80. The number of carbonyl (C=O) groups is 2. The lowest BCUT2D eigenvalue weighted by Gasteiger charge is -2.15. The molecule has 0 unspecified atom stereocenters. The van der Waals surface area contributed by atoms with E-state index in [0.717, 1.165) is 15.8 Å². The third-order valence-corrected chi connectivity index (χ3v) is 3.72. The average Bonchev–Trinajstić information content (AvgIpc) is 2.56. The minimum atomic E-state index is -0.428. The van der Waals surface area contributed by atoms with E-state index in [0.29, 0.717) is 5.56 Å². The Kier molecular flexibility index (Phi) is 5.76. The number of nitrogens with one attached hydrogen (secondary N) is 2. The number of amides is 1. The van der Waals surface area contributed by atoms with Crippen molar-refractivity contribution in [2.45, 2.75) is 13.0 Å². The fourth-order valence-electron chi connectivity index (χ4n) is 1.92. The average molecular weight is 377 g/mol. The van der Waals surface area contributed by atoms with Gasteiger partial charge >= 0.3 is 5.97 Å². The normalized spacial score (nSPS) is 11.4. The summed E-state index contributed by atoms with van der Waals surface area (Å²) < 4.78 is 5.59. The number of halogens is 1. The molecule has 2 aromatic carbocycles. The fourth-order valence-corrected chi connectivity index (χ4v) is 2.18. The Hall–Kier alpha value is -2.34. The highest BCUT2D eigenvalue weighted by Gasteiger charge is 2.13. The maximum absolute atomic E-state index is 12.2. The van der Waals surface area contributed by atoms with Crippen molar-refractivity contribution in [2.75, 3.05) is 17.7 Å². The Bertz CT molecular complexity index is 684. The summed E-state index contributed by atoms with van der Waals surface area (Å²) in [6, 6.07) is 13.7. The molecule has 0 bridgehead atoms. The Morgan fingerprint density at radius 2 is 1.57 bits per heavy atom. The first kappa shape index (κ1) is 17.0. The summed E-state index contributed by atoms with van der Waals surface area (Å²) in [7, 11) is 1.34. The highest BCUT2D eigenvalue weighted by molar-refractivity contribution is 9.10. The zero-order valence-corrected chi connectivity index (χ0v) is 14.4. The Morgan fingerprint density at radius 3 is 2.13 bits per heavy atom. The molecule has 0 fully saturated rings. The topological polar surface area (TPSA) is 67.4 Å². The second kappa shape index (κ2) is 7.78. The SMILES string of the molecule is COC(=O)c1ccc(N[C@H](C)C(=O)Nc2ccc(Br)cc2)cc1. The number of esters is 1. The van der Waals surface area contributed by atoms with Crippen LogP contribution in [0.5, 0.6) is 0 Å².